The zero-order chi connectivity index (χ0) is 18.2. The van der Waals surface area contributed by atoms with E-state index in [0.29, 0.717) is 19.6 Å². The molecule has 0 aliphatic carbocycles. The van der Waals surface area contributed by atoms with Crippen LogP contribution in [0.25, 0.3) is 0 Å². The van der Waals surface area contributed by atoms with Crippen molar-refractivity contribution in [2.24, 2.45) is 11.5 Å². The molecule has 0 aliphatic heterocycles. The number of carbonyl (C=O) groups is 1. The molecule has 1 amide bonds. The lowest BCUT2D eigenvalue weighted by Crippen LogP contribution is -2.39. The Balaban J connectivity index is 2.91. The van der Waals surface area contributed by atoms with E-state index >= 15 is 0 Å². The Morgan fingerprint density at radius 1 is 1.42 bits per heavy atom. The summed E-state index contributed by atoms with van der Waals surface area (Å²) >= 11 is 0. The Morgan fingerprint density at radius 3 is 2.71 bits per heavy atom. The van der Waals surface area contributed by atoms with Crippen molar-refractivity contribution in [2.75, 3.05) is 13.2 Å². The molecule has 24 heavy (non-hydrogen) atoms. The molecule has 0 spiro atoms. The first-order chi connectivity index (χ1) is 11.3. The van der Waals surface area contributed by atoms with Crippen molar-refractivity contribution >= 4 is 5.91 Å². The summed E-state index contributed by atoms with van der Waals surface area (Å²) in [7, 11) is 0. The fourth-order valence-electron chi connectivity index (χ4n) is 1.95. The van der Waals surface area contributed by atoms with Crippen LogP contribution >= 0.6 is 0 Å². The van der Waals surface area contributed by atoms with Crippen LogP contribution in [0, 0.1) is 0 Å². The van der Waals surface area contributed by atoms with E-state index in [9.17, 15) is 9.59 Å². The average Bonchev–Trinajstić information content (AvgIpc) is 2.55. The van der Waals surface area contributed by atoms with Crippen molar-refractivity contribution in [2.45, 2.75) is 58.5 Å². The van der Waals surface area contributed by atoms with Crippen LogP contribution < -0.4 is 26.9 Å². The highest BCUT2D eigenvalue weighted by Crippen LogP contribution is 2.16. The number of ether oxygens (including phenoxy) is 1. The number of nitrogens with one attached hydrogen (secondary N) is 1. The minimum Gasteiger partial charge on any atom is -0.486 e. The first kappa shape index (κ1) is 20.2. The van der Waals surface area contributed by atoms with Crippen molar-refractivity contribution in [3.63, 3.8) is 0 Å². The van der Waals surface area contributed by atoms with Crippen LogP contribution in [-0.4, -0.2) is 24.6 Å². The molecule has 5 N–H and O–H groups in total. The molecule has 0 fully saturated rings. The molecule has 1 aromatic heterocycles. The van der Waals surface area contributed by atoms with Crippen LogP contribution in [0.2, 0.25) is 0 Å². The Kier molecular flexibility index (Phi) is 7.94. The Bertz CT molecular complexity index is 596. The molecule has 1 rings (SSSR count). The summed E-state index contributed by atoms with van der Waals surface area (Å²) in [6.45, 7) is 6.68. The van der Waals surface area contributed by atoms with E-state index in [-0.39, 0.29) is 29.4 Å². The normalized spacial score (nSPS) is 13.4. The lowest BCUT2D eigenvalue weighted by atomic mass is 9.96. The smallest absolute Gasteiger partial charge is 0.291 e. The molecule has 0 saturated heterocycles. The van der Waals surface area contributed by atoms with Crippen LogP contribution in [-0.2, 0) is 6.54 Å². The van der Waals surface area contributed by atoms with Crippen molar-refractivity contribution in [3.8, 4) is 5.75 Å². The minimum absolute atomic E-state index is 0.0292. The van der Waals surface area contributed by atoms with Crippen LogP contribution in [0.3, 0.4) is 0 Å². The average molecular weight is 339 g/mol. The molecule has 1 unspecified atom stereocenters. The van der Waals surface area contributed by atoms with E-state index in [1.54, 1.807) is 0 Å². The summed E-state index contributed by atoms with van der Waals surface area (Å²) < 4.78 is 10.9. The highest BCUT2D eigenvalue weighted by atomic mass is 16.5. The zero-order valence-electron chi connectivity index (χ0n) is 14.8. The van der Waals surface area contributed by atoms with Gasteiger partial charge in [0, 0.05) is 18.2 Å². The number of rotatable bonds is 10. The molecule has 136 valence electrons. The molecular formula is C17H29N3O4. The molecule has 0 aromatic carbocycles. The molecule has 7 heteroatoms. The quantitative estimate of drug-likeness (QED) is 0.556. The molecule has 1 atom stereocenters. The van der Waals surface area contributed by atoms with Gasteiger partial charge in [-0.25, -0.2) is 0 Å². The summed E-state index contributed by atoms with van der Waals surface area (Å²) in [5.74, 6) is -0.454. The van der Waals surface area contributed by atoms with Crippen molar-refractivity contribution in [3.05, 3.63) is 27.8 Å². The summed E-state index contributed by atoms with van der Waals surface area (Å²) in [6, 6.07) is 1.26. The van der Waals surface area contributed by atoms with Gasteiger partial charge in [-0.05, 0) is 26.2 Å². The fourth-order valence-corrected chi connectivity index (χ4v) is 1.95. The Hall–Kier alpha value is -1.86. The van der Waals surface area contributed by atoms with Crippen molar-refractivity contribution in [1.82, 2.24) is 5.32 Å². The topological polar surface area (TPSA) is 121 Å². The lowest BCUT2D eigenvalue weighted by Gasteiger charge is -2.22. The molecule has 1 heterocycles. The third-order valence-corrected chi connectivity index (χ3v) is 3.90. The summed E-state index contributed by atoms with van der Waals surface area (Å²) in [6.07, 6.45) is 3.11. The second kappa shape index (κ2) is 9.44. The molecule has 1 aromatic rings. The van der Waals surface area contributed by atoms with Gasteiger partial charge < -0.3 is 25.9 Å². The van der Waals surface area contributed by atoms with Gasteiger partial charge in [-0.15, -0.1) is 0 Å². The second-order valence-electron chi connectivity index (χ2n) is 6.15. The third kappa shape index (κ3) is 5.98. The van der Waals surface area contributed by atoms with Gasteiger partial charge in [0.1, 0.15) is 5.76 Å². The number of carbonyl (C=O) groups excluding carboxylic acids is 1. The summed E-state index contributed by atoms with van der Waals surface area (Å²) in [5, 5.41) is 2.73. The standard InChI is InChI=1S/C17H29N3O4/c1-4-6-9-23-14-13(21)10-12(11-18)24-15(14)16(22)20-8-7-17(3,19)5-2/h10H,4-9,11,18-19H2,1-3H3,(H,20,22). The molecule has 0 aliphatic rings. The van der Waals surface area contributed by atoms with Crippen molar-refractivity contribution in [1.29, 1.82) is 0 Å². The highest BCUT2D eigenvalue weighted by Gasteiger charge is 2.22. The maximum atomic E-state index is 12.4. The monoisotopic (exact) mass is 339 g/mol. The largest absolute Gasteiger partial charge is 0.486 e. The van der Waals surface area contributed by atoms with Gasteiger partial charge in [0.15, 0.2) is 0 Å². The summed E-state index contributed by atoms with van der Waals surface area (Å²) in [4.78, 5) is 24.5. The highest BCUT2D eigenvalue weighted by molar-refractivity contribution is 5.93. The maximum Gasteiger partial charge on any atom is 0.291 e. The van der Waals surface area contributed by atoms with Gasteiger partial charge in [-0.2, -0.15) is 0 Å². The fraction of sp³-hybridized carbons (Fsp3) is 0.647. The van der Waals surface area contributed by atoms with E-state index in [2.05, 4.69) is 5.32 Å². The van der Waals surface area contributed by atoms with E-state index in [1.165, 1.54) is 6.07 Å². The van der Waals surface area contributed by atoms with E-state index < -0.39 is 11.3 Å². The second-order valence-corrected chi connectivity index (χ2v) is 6.15. The van der Waals surface area contributed by atoms with Crippen LogP contribution in [0.4, 0.5) is 0 Å². The predicted octanol–water partition coefficient (Wildman–Crippen LogP) is 1.52. The van der Waals surface area contributed by atoms with Gasteiger partial charge >= 0.3 is 0 Å². The SMILES string of the molecule is CCCCOc1c(C(=O)NCCC(C)(N)CC)oc(CN)cc1=O. The van der Waals surface area contributed by atoms with Crippen LogP contribution in [0.5, 0.6) is 5.75 Å². The molecule has 7 nitrogen and oxygen atoms in total. The van der Waals surface area contributed by atoms with Crippen LogP contribution in [0.15, 0.2) is 15.3 Å². The lowest BCUT2D eigenvalue weighted by molar-refractivity contribution is 0.0910. The third-order valence-electron chi connectivity index (χ3n) is 3.90. The Labute approximate surface area is 142 Å². The van der Waals surface area contributed by atoms with E-state index in [0.717, 1.165) is 19.3 Å². The minimum atomic E-state index is -0.499. The molecule has 0 bridgehead atoms. The Morgan fingerprint density at radius 2 is 2.12 bits per heavy atom. The zero-order valence-corrected chi connectivity index (χ0v) is 14.8. The van der Waals surface area contributed by atoms with Gasteiger partial charge in [0.2, 0.25) is 16.9 Å². The molecule has 0 saturated carbocycles. The number of hydrogen-bond donors (Lipinski definition) is 3. The predicted molar refractivity (Wildman–Crippen MR) is 93.1 cm³/mol. The van der Waals surface area contributed by atoms with Gasteiger partial charge in [0.25, 0.3) is 5.91 Å². The van der Waals surface area contributed by atoms with Gasteiger partial charge in [-0.1, -0.05) is 20.3 Å². The number of hydrogen-bond acceptors (Lipinski definition) is 6. The van der Waals surface area contributed by atoms with Crippen molar-refractivity contribution < 1.29 is 13.9 Å². The first-order valence-corrected chi connectivity index (χ1v) is 8.41. The molecular weight excluding hydrogens is 310 g/mol. The summed E-state index contributed by atoms with van der Waals surface area (Å²) in [5.41, 5.74) is 10.8. The number of nitrogens with two attached hydrogens (primary N) is 2. The maximum absolute atomic E-state index is 12.4. The molecule has 0 radical (unpaired) electrons. The van der Waals surface area contributed by atoms with Gasteiger partial charge in [-0.3, -0.25) is 9.59 Å². The van der Waals surface area contributed by atoms with E-state index in [4.69, 9.17) is 20.6 Å². The first-order valence-electron chi connectivity index (χ1n) is 8.41. The van der Waals surface area contributed by atoms with Crippen LogP contribution in [0.1, 0.15) is 62.8 Å². The van der Waals surface area contributed by atoms with E-state index in [1.807, 2.05) is 20.8 Å². The number of amides is 1. The van der Waals surface area contributed by atoms with Gasteiger partial charge in [0.05, 0.1) is 13.2 Å². The number of unbranched alkanes of at least 4 members (excludes halogenated alkanes) is 1.